The quantitative estimate of drug-likeness (QED) is 0.480. The molecule has 0 aliphatic rings. The number of hydrogen-bond acceptors (Lipinski definition) is 3. The van der Waals surface area contributed by atoms with Gasteiger partial charge in [0.2, 0.25) is 0 Å². The fourth-order valence-electron chi connectivity index (χ4n) is 1.10. The van der Waals surface area contributed by atoms with Crippen molar-refractivity contribution in [2.24, 2.45) is 0 Å². The lowest BCUT2D eigenvalue weighted by atomic mass is 10.1. The van der Waals surface area contributed by atoms with E-state index in [4.69, 9.17) is 0 Å². The van der Waals surface area contributed by atoms with Crippen molar-refractivity contribution in [3.8, 4) is 0 Å². The van der Waals surface area contributed by atoms with Crippen LogP contribution in [-0.4, -0.2) is 18.1 Å². The van der Waals surface area contributed by atoms with E-state index in [0.717, 1.165) is 13.2 Å². The predicted molar refractivity (Wildman–Crippen MR) is 57.6 cm³/mol. The molecule has 0 saturated carbocycles. The molecule has 1 aromatic rings. The normalized spacial score (nSPS) is 10.6. The third kappa shape index (κ3) is 3.06. The van der Waals surface area contributed by atoms with Gasteiger partial charge in [-0.2, -0.15) is 0 Å². The largest absolute Gasteiger partial charge is 0.469 e. The summed E-state index contributed by atoms with van der Waals surface area (Å²) < 4.78 is 42.9. The molecule has 88 valence electrons. The molecule has 0 atom stereocenters. The number of carbonyl (C=O) groups excluding carboxylic acids is 1. The van der Waals surface area contributed by atoms with Gasteiger partial charge in [-0.3, -0.25) is 4.79 Å². The molecule has 16 heavy (non-hydrogen) atoms. The Morgan fingerprint density at radius 3 is 2.75 bits per heavy atom. The fourth-order valence-corrected chi connectivity index (χ4v) is 1.63. The number of esters is 1. The van der Waals surface area contributed by atoms with Crippen molar-refractivity contribution in [3.05, 3.63) is 26.8 Å². The lowest BCUT2D eigenvalue weighted by Crippen LogP contribution is -2.11. The first-order valence-electron chi connectivity index (χ1n) is 4.15. The van der Waals surface area contributed by atoms with Crippen LogP contribution in [0.2, 0.25) is 0 Å². The molecule has 0 aromatic carbocycles. The van der Waals surface area contributed by atoms with E-state index in [1.807, 2.05) is 0 Å². The molecule has 0 saturated heterocycles. The second-order valence-corrected chi connectivity index (χ2v) is 3.95. The molecule has 0 bridgehead atoms. The molecule has 0 spiro atoms. The highest BCUT2D eigenvalue weighted by molar-refractivity contribution is 14.1. The van der Waals surface area contributed by atoms with Crippen molar-refractivity contribution in [2.45, 2.75) is 12.8 Å². The van der Waals surface area contributed by atoms with Gasteiger partial charge in [-0.1, -0.05) is 0 Å². The van der Waals surface area contributed by atoms with Crippen molar-refractivity contribution in [3.63, 3.8) is 0 Å². The number of alkyl halides is 2. The molecule has 1 aromatic heterocycles. The van der Waals surface area contributed by atoms with Crippen LogP contribution in [0.15, 0.2) is 6.07 Å². The SMILES string of the molecule is COC(=O)Cc1c(F)cc(I)nc1C(F)F. The van der Waals surface area contributed by atoms with Crippen molar-refractivity contribution in [1.82, 2.24) is 4.98 Å². The van der Waals surface area contributed by atoms with Crippen LogP contribution < -0.4 is 0 Å². The zero-order chi connectivity index (χ0) is 12.3. The van der Waals surface area contributed by atoms with Crippen molar-refractivity contribution in [1.29, 1.82) is 0 Å². The van der Waals surface area contributed by atoms with Gasteiger partial charge in [-0.05, 0) is 22.6 Å². The number of halogens is 4. The van der Waals surface area contributed by atoms with Gasteiger partial charge in [0.1, 0.15) is 15.2 Å². The van der Waals surface area contributed by atoms with Crippen LogP contribution in [0.25, 0.3) is 0 Å². The Kier molecular flexibility index (Phi) is 4.51. The summed E-state index contributed by atoms with van der Waals surface area (Å²) in [6.45, 7) is 0. The maximum Gasteiger partial charge on any atom is 0.310 e. The Morgan fingerprint density at radius 1 is 1.62 bits per heavy atom. The summed E-state index contributed by atoms with van der Waals surface area (Å²) in [5, 5.41) is 0. The Morgan fingerprint density at radius 2 is 2.25 bits per heavy atom. The number of hydrogen-bond donors (Lipinski definition) is 0. The number of nitrogens with zero attached hydrogens (tertiary/aromatic N) is 1. The average Bonchev–Trinajstić information content (AvgIpc) is 2.20. The van der Waals surface area contributed by atoms with Crippen LogP contribution in [0.4, 0.5) is 13.2 Å². The second-order valence-electron chi connectivity index (χ2n) is 2.84. The minimum absolute atomic E-state index is 0.110. The minimum Gasteiger partial charge on any atom is -0.469 e. The Labute approximate surface area is 103 Å². The zero-order valence-corrected chi connectivity index (χ0v) is 10.3. The summed E-state index contributed by atoms with van der Waals surface area (Å²) in [6.07, 6.45) is -3.48. The molecule has 0 fully saturated rings. The number of pyridine rings is 1. The van der Waals surface area contributed by atoms with Gasteiger partial charge in [-0.25, -0.2) is 18.2 Å². The van der Waals surface area contributed by atoms with Gasteiger partial charge in [0.15, 0.2) is 0 Å². The maximum atomic E-state index is 13.4. The van der Waals surface area contributed by atoms with E-state index >= 15 is 0 Å². The van der Waals surface area contributed by atoms with Gasteiger partial charge < -0.3 is 4.74 Å². The molecule has 3 nitrogen and oxygen atoms in total. The Bertz CT molecular complexity index is 412. The average molecular weight is 345 g/mol. The van der Waals surface area contributed by atoms with Crippen molar-refractivity contribution in [2.75, 3.05) is 7.11 Å². The van der Waals surface area contributed by atoms with E-state index in [0.29, 0.717) is 0 Å². The summed E-state index contributed by atoms with van der Waals surface area (Å²) in [5.74, 6) is -1.66. The van der Waals surface area contributed by atoms with Crippen molar-refractivity contribution >= 4 is 28.6 Å². The summed E-state index contributed by atoms with van der Waals surface area (Å²) in [7, 11) is 1.10. The fraction of sp³-hybridized carbons (Fsp3) is 0.333. The summed E-state index contributed by atoms with van der Waals surface area (Å²) >= 11 is 1.62. The molecule has 0 unspecified atom stereocenters. The van der Waals surface area contributed by atoms with E-state index in [9.17, 15) is 18.0 Å². The van der Waals surface area contributed by atoms with E-state index in [1.54, 1.807) is 22.6 Å². The van der Waals surface area contributed by atoms with E-state index in [1.165, 1.54) is 0 Å². The zero-order valence-electron chi connectivity index (χ0n) is 8.14. The van der Waals surface area contributed by atoms with Gasteiger partial charge in [0, 0.05) is 11.6 Å². The molecule has 1 heterocycles. The number of ether oxygens (including phenoxy) is 1. The van der Waals surface area contributed by atoms with Crippen LogP contribution >= 0.6 is 22.6 Å². The second kappa shape index (κ2) is 5.46. The van der Waals surface area contributed by atoms with Gasteiger partial charge >= 0.3 is 5.97 Å². The molecule has 0 radical (unpaired) electrons. The molecule has 0 aliphatic carbocycles. The minimum atomic E-state index is -2.93. The molecule has 1 rings (SSSR count). The monoisotopic (exact) mass is 345 g/mol. The first kappa shape index (κ1) is 13.2. The standard InChI is InChI=1S/C9H7F3INO2/c1-16-7(15)2-4-5(10)3-6(13)14-8(4)9(11)12/h3,9H,2H2,1H3. The van der Waals surface area contributed by atoms with Crippen LogP contribution in [-0.2, 0) is 16.0 Å². The smallest absolute Gasteiger partial charge is 0.310 e. The summed E-state index contributed by atoms with van der Waals surface area (Å²) in [5.41, 5.74) is -1.13. The third-order valence-corrected chi connectivity index (χ3v) is 2.38. The lowest BCUT2D eigenvalue weighted by Gasteiger charge is -2.08. The first-order chi connectivity index (χ1) is 7.45. The van der Waals surface area contributed by atoms with E-state index in [2.05, 4.69) is 9.72 Å². The molecular weight excluding hydrogens is 338 g/mol. The molecule has 0 aliphatic heterocycles. The number of carbonyl (C=O) groups is 1. The van der Waals surface area contributed by atoms with Crippen LogP contribution in [0.5, 0.6) is 0 Å². The Balaban J connectivity index is 3.19. The lowest BCUT2D eigenvalue weighted by molar-refractivity contribution is -0.139. The molecule has 0 N–H and O–H groups in total. The number of rotatable bonds is 3. The van der Waals surface area contributed by atoms with Gasteiger partial charge in [-0.15, -0.1) is 0 Å². The third-order valence-electron chi connectivity index (χ3n) is 1.83. The topological polar surface area (TPSA) is 39.2 Å². The maximum absolute atomic E-state index is 13.4. The van der Waals surface area contributed by atoms with Crippen molar-refractivity contribution < 1.29 is 22.7 Å². The Hall–Kier alpha value is -0.860. The molecule has 7 heteroatoms. The molecular formula is C9H7F3INO2. The van der Waals surface area contributed by atoms with Crippen LogP contribution in [0.3, 0.4) is 0 Å². The van der Waals surface area contributed by atoms with E-state index in [-0.39, 0.29) is 3.70 Å². The highest BCUT2D eigenvalue weighted by atomic mass is 127. The predicted octanol–water partition coefficient (Wildman–Crippen LogP) is 2.48. The summed E-state index contributed by atoms with van der Waals surface area (Å²) in [4.78, 5) is 14.4. The summed E-state index contributed by atoms with van der Waals surface area (Å²) in [6, 6.07) is 0.991. The van der Waals surface area contributed by atoms with Gasteiger partial charge in [0.25, 0.3) is 6.43 Å². The molecule has 0 amide bonds. The number of aromatic nitrogens is 1. The van der Waals surface area contributed by atoms with E-state index < -0.39 is 35.9 Å². The van der Waals surface area contributed by atoms with Gasteiger partial charge in [0.05, 0.1) is 13.5 Å². The van der Waals surface area contributed by atoms with Crippen LogP contribution in [0.1, 0.15) is 17.7 Å². The first-order valence-corrected chi connectivity index (χ1v) is 5.23. The highest BCUT2D eigenvalue weighted by Crippen LogP contribution is 2.25. The highest BCUT2D eigenvalue weighted by Gasteiger charge is 2.21. The van der Waals surface area contributed by atoms with Crippen LogP contribution in [0, 0.1) is 9.52 Å². The number of methoxy groups -OCH3 is 1.